The van der Waals surface area contributed by atoms with E-state index in [0.29, 0.717) is 0 Å². The molecule has 31 heavy (non-hydrogen) atoms. The van der Waals surface area contributed by atoms with Crippen molar-refractivity contribution in [1.82, 2.24) is 10.2 Å². The highest BCUT2D eigenvalue weighted by Gasteiger charge is 2.26. The molecule has 2 saturated carbocycles. The Kier molecular flexibility index (Phi) is 5.99. The van der Waals surface area contributed by atoms with Crippen LogP contribution in [-0.2, 0) is 19.4 Å². The summed E-state index contributed by atoms with van der Waals surface area (Å²) < 4.78 is 5.80. The molecular formula is C27H34N2O2. The standard InChI is InChI=1S/C27H34N2O2/c1-29(27(30)22-9-12-26(13-10-22)31-18-20-4-5-20)25-11-8-23-14-21(6-7-24(23)15-25)17-28-16-19-2-3-19/h6-7,9-10,12-14,19-20,25,28H,2-5,8,11,15-18H2,1H3/t25-/m0/s1. The quantitative estimate of drug-likeness (QED) is 0.647. The SMILES string of the molecule is CN(C(=O)c1ccc(OCC2CC2)cc1)[C@H]1CCc2cc(CNCC3CC3)ccc2C1. The van der Waals surface area contributed by atoms with Crippen molar-refractivity contribution in [2.75, 3.05) is 20.2 Å². The lowest BCUT2D eigenvalue weighted by Gasteiger charge is -2.33. The molecule has 2 aromatic rings. The topological polar surface area (TPSA) is 41.6 Å². The van der Waals surface area contributed by atoms with Crippen LogP contribution >= 0.6 is 0 Å². The number of carbonyl (C=O) groups is 1. The van der Waals surface area contributed by atoms with E-state index in [1.807, 2.05) is 36.2 Å². The van der Waals surface area contributed by atoms with Crippen molar-refractivity contribution in [2.45, 2.75) is 57.5 Å². The van der Waals surface area contributed by atoms with E-state index in [0.717, 1.165) is 62.1 Å². The maximum atomic E-state index is 13.1. The van der Waals surface area contributed by atoms with Gasteiger partial charge in [0.2, 0.25) is 0 Å². The summed E-state index contributed by atoms with van der Waals surface area (Å²) in [6, 6.07) is 14.8. The molecule has 1 N–H and O–H groups in total. The number of benzene rings is 2. The van der Waals surface area contributed by atoms with E-state index in [2.05, 4.69) is 23.5 Å². The maximum absolute atomic E-state index is 13.1. The summed E-state index contributed by atoms with van der Waals surface area (Å²) in [5, 5.41) is 3.59. The van der Waals surface area contributed by atoms with Gasteiger partial charge in [-0.25, -0.2) is 0 Å². The average Bonchev–Trinajstić information content (AvgIpc) is 3.72. The zero-order valence-corrected chi connectivity index (χ0v) is 18.6. The van der Waals surface area contributed by atoms with Crippen LogP contribution in [0.3, 0.4) is 0 Å². The number of likely N-dealkylation sites (N-methyl/N-ethyl adjacent to an activating group) is 1. The fourth-order valence-electron chi connectivity index (χ4n) is 4.53. The molecular weight excluding hydrogens is 384 g/mol. The molecule has 0 heterocycles. The number of ether oxygens (including phenoxy) is 1. The normalized spacial score (nSPS) is 20.2. The third-order valence-corrected chi connectivity index (χ3v) is 7.08. The molecule has 0 aliphatic heterocycles. The van der Waals surface area contributed by atoms with Gasteiger partial charge in [-0.1, -0.05) is 18.2 Å². The number of hydrogen-bond acceptors (Lipinski definition) is 3. The van der Waals surface area contributed by atoms with Gasteiger partial charge in [-0.05, 0) is 104 Å². The summed E-state index contributed by atoms with van der Waals surface area (Å²) in [6.07, 6.45) is 8.36. The van der Waals surface area contributed by atoms with Crippen LogP contribution in [0.25, 0.3) is 0 Å². The Balaban J connectivity index is 1.16. The molecule has 0 saturated heterocycles. The highest BCUT2D eigenvalue weighted by molar-refractivity contribution is 5.94. The number of nitrogens with one attached hydrogen (secondary N) is 1. The summed E-state index contributed by atoms with van der Waals surface area (Å²) in [6.45, 7) is 2.92. The van der Waals surface area contributed by atoms with Crippen molar-refractivity contribution >= 4 is 5.91 Å². The van der Waals surface area contributed by atoms with E-state index in [1.165, 1.54) is 42.4 Å². The van der Waals surface area contributed by atoms with Crippen LogP contribution in [0.15, 0.2) is 42.5 Å². The van der Waals surface area contributed by atoms with Gasteiger partial charge in [-0.2, -0.15) is 0 Å². The molecule has 164 valence electrons. The summed E-state index contributed by atoms with van der Waals surface area (Å²) in [7, 11) is 1.95. The monoisotopic (exact) mass is 418 g/mol. The Morgan fingerprint density at radius 1 is 1.00 bits per heavy atom. The predicted octanol–water partition coefficient (Wildman–Crippen LogP) is 4.60. The predicted molar refractivity (Wildman–Crippen MR) is 123 cm³/mol. The number of amides is 1. The number of fused-ring (bicyclic) bond motifs is 1. The average molecular weight is 419 g/mol. The number of nitrogens with zero attached hydrogens (tertiary/aromatic N) is 1. The minimum absolute atomic E-state index is 0.100. The van der Waals surface area contributed by atoms with Gasteiger partial charge in [-0.3, -0.25) is 4.79 Å². The van der Waals surface area contributed by atoms with E-state index in [-0.39, 0.29) is 11.9 Å². The molecule has 0 radical (unpaired) electrons. The lowest BCUT2D eigenvalue weighted by molar-refractivity contribution is 0.0719. The smallest absolute Gasteiger partial charge is 0.253 e. The Bertz CT molecular complexity index is 915. The number of rotatable bonds is 9. The summed E-state index contributed by atoms with van der Waals surface area (Å²) in [4.78, 5) is 15.0. The van der Waals surface area contributed by atoms with Crippen LogP contribution in [0, 0.1) is 11.8 Å². The van der Waals surface area contributed by atoms with E-state index >= 15 is 0 Å². The van der Waals surface area contributed by atoms with Crippen LogP contribution in [0.5, 0.6) is 5.75 Å². The Labute approximate surface area is 186 Å². The van der Waals surface area contributed by atoms with E-state index < -0.39 is 0 Å². The van der Waals surface area contributed by atoms with Crippen LogP contribution < -0.4 is 10.1 Å². The van der Waals surface area contributed by atoms with Gasteiger partial charge in [0.25, 0.3) is 5.91 Å². The molecule has 2 aromatic carbocycles. The van der Waals surface area contributed by atoms with Crippen molar-refractivity contribution in [3.8, 4) is 5.75 Å². The second kappa shape index (κ2) is 9.04. The van der Waals surface area contributed by atoms with Crippen molar-refractivity contribution in [2.24, 2.45) is 11.8 Å². The Morgan fingerprint density at radius 2 is 1.77 bits per heavy atom. The maximum Gasteiger partial charge on any atom is 0.253 e. The van der Waals surface area contributed by atoms with Crippen molar-refractivity contribution < 1.29 is 9.53 Å². The largest absolute Gasteiger partial charge is 0.493 e. The summed E-state index contributed by atoms with van der Waals surface area (Å²) >= 11 is 0. The van der Waals surface area contributed by atoms with Gasteiger partial charge >= 0.3 is 0 Å². The minimum atomic E-state index is 0.100. The molecule has 4 nitrogen and oxygen atoms in total. The Hall–Kier alpha value is -2.33. The van der Waals surface area contributed by atoms with Gasteiger partial charge in [0, 0.05) is 25.2 Å². The third-order valence-electron chi connectivity index (χ3n) is 7.08. The minimum Gasteiger partial charge on any atom is -0.493 e. The lowest BCUT2D eigenvalue weighted by atomic mass is 9.86. The van der Waals surface area contributed by atoms with Gasteiger partial charge in [0.1, 0.15) is 5.75 Å². The summed E-state index contributed by atoms with van der Waals surface area (Å²) in [5.41, 5.74) is 4.97. The van der Waals surface area contributed by atoms with E-state index in [1.54, 1.807) is 0 Å². The molecule has 2 fully saturated rings. The molecule has 1 amide bonds. The zero-order valence-electron chi connectivity index (χ0n) is 18.6. The van der Waals surface area contributed by atoms with Crippen molar-refractivity contribution in [3.63, 3.8) is 0 Å². The first-order valence-electron chi connectivity index (χ1n) is 12.0. The second-order valence-electron chi connectivity index (χ2n) is 9.77. The van der Waals surface area contributed by atoms with Gasteiger partial charge in [-0.15, -0.1) is 0 Å². The van der Waals surface area contributed by atoms with Crippen LogP contribution in [0.2, 0.25) is 0 Å². The lowest BCUT2D eigenvalue weighted by Crippen LogP contribution is -2.40. The molecule has 5 rings (SSSR count). The van der Waals surface area contributed by atoms with Crippen LogP contribution in [0.1, 0.15) is 59.2 Å². The fraction of sp³-hybridized carbons (Fsp3) is 0.519. The van der Waals surface area contributed by atoms with E-state index in [9.17, 15) is 4.79 Å². The highest BCUT2D eigenvalue weighted by atomic mass is 16.5. The molecule has 0 aromatic heterocycles. The molecule has 0 bridgehead atoms. The number of aryl methyl sites for hydroxylation is 1. The Morgan fingerprint density at radius 3 is 2.52 bits per heavy atom. The van der Waals surface area contributed by atoms with Crippen LogP contribution in [-0.4, -0.2) is 37.0 Å². The van der Waals surface area contributed by atoms with Gasteiger partial charge in [0.15, 0.2) is 0 Å². The first-order valence-corrected chi connectivity index (χ1v) is 12.0. The number of carbonyl (C=O) groups excluding carboxylic acids is 1. The second-order valence-corrected chi connectivity index (χ2v) is 9.77. The molecule has 3 aliphatic rings. The van der Waals surface area contributed by atoms with Gasteiger partial charge < -0.3 is 15.0 Å². The third kappa shape index (κ3) is 5.30. The molecule has 0 spiro atoms. The fourth-order valence-corrected chi connectivity index (χ4v) is 4.53. The molecule has 4 heteroatoms. The molecule has 0 unspecified atom stereocenters. The number of hydrogen-bond donors (Lipinski definition) is 1. The van der Waals surface area contributed by atoms with Crippen molar-refractivity contribution in [1.29, 1.82) is 0 Å². The van der Waals surface area contributed by atoms with Gasteiger partial charge in [0.05, 0.1) is 6.61 Å². The first kappa shape index (κ1) is 20.6. The van der Waals surface area contributed by atoms with E-state index in [4.69, 9.17) is 4.74 Å². The summed E-state index contributed by atoms with van der Waals surface area (Å²) in [5.74, 6) is 2.61. The van der Waals surface area contributed by atoms with Crippen LogP contribution in [0.4, 0.5) is 0 Å². The first-order chi connectivity index (χ1) is 15.2. The highest BCUT2D eigenvalue weighted by Crippen LogP contribution is 2.30. The van der Waals surface area contributed by atoms with Crippen molar-refractivity contribution in [3.05, 3.63) is 64.7 Å². The zero-order chi connectivity index (χ0) is 21.2. The molecule has 3 aliphatic carbocycles. The molecule has 1 atom stereocenters.